The molecule has 0 radical (unpaired) electrons. The number of carbonyl (C=O) groups is 2. The number of rotatable bonds is 5. The molecular weight excluding hydrogens is 432 g/mol. The number of nitrogens with one attached hydrogen (secondary N) is 1. The van der Waals surface area contributed by atoms with E-state index in [-0.39, 0.29) is 31.6 Å². The van der Waals surface area contributed by atoms with Crippen molar-refractivity contribution < 1.29 is 19.1 Å². The summed E-state index contributed by atoms with van der Waals surface area (Å²) in [5.41, 5.74) is 1.35. The Hall–Kier alpha value is -2.55. The number of amides is 2. The van der Waals surface area contributed by atoms with Crippen molar-refractivity contribution in [2.75, 3.05) is 18.7 Å². The molecule has 0 spiro atoms. The lowest BCUT2D eigenvalue weighted by molar-refractivity contribution is -0.122. The fourth-order valence-corrected chi connectivity index (χ4v) is 4.33. The molecule has 1 N–H and O–H groups in total. The Bertz CT molecular complexity index is 1040. The summed E-state index contributed by atoms with van der Waals surface area (Å²) in [6.07, 6.45) is 1.83. The average molecular weight is 447 g/mol. The van der Waals surface area contributed by atoms with Gasteiger partial charge in [0.15, 0.2) is 11.5 Å². The Morgan fingerprint density at radius 3 is 2.86 bits per heavy atom. The van der Waals surface area contributed by atoms with Crippen molar-refractivity contribution in [3.8, 4) is 11.5 Å². The Morgan fingerprint density at radius 1 is 1.24 bits per heavy atom. The standard InChI is InChI=1S/C20H15ClN2O4S2/c21-14-4-2-1-3-12(14)9-17-19(25)23(20(28)29-17)8-7-18(24)22-13-5-6-15-16(10-13)27-11-26-15/h1-6,9-10H,7-8,11H2,(H,22,24). The van der Waals surface area contributed by atoms with Crippen LogP contribution in [0.2, 0.25) is 5.02 Å². The van der Waals surface area contributed by atoms with Crippen molar-refractivity contribution in [2.45, 2.75) is 6.42 Å². The molecule has 9 heteroatoms. The van der Waals surface area contributed by atoms with Gasteiger partial charge in [0.05, 0.1) is 4.91 Å². The van der Waals surface area contributed by atoms with E-state index in [1.807, 2.05) is 18.2 Å². The monoisotopic (exact) mass is 446 g/mol. The number of anilines is 1. The van der Waals surface area contributed by atoms with Gasteiger partial charge in [-0.1, -0.05) is 53.8 Å². The largest absolute Gasteiger partial charge is 0.454 e. The SMILES string of the molecule is O=C(CCN1C(=O)C(=Cc2ccccc2Cl)SC1=S)Nc1ccc2c(c1)OCO2. The molecule has 2 amide bonds. The normalized spacial score (nSPS) is 16.6. The van der Waals surface area contributed by atoms with E-state index >= 15 is 0 Å². The first-order valence-electron chi connectivity index (χ1n) is 8.70. The van der Waals surface area contributed by atoms with Crippen molar-refractivity contribution in [1.29, 1.82) is 0 Å². The zero-order chi connectivity index (χ0) is 20.4. The fourth-order valence-electron chi connectivity index (χ4n) is 2.84. The van der Waals surface area contributed by atoms with Crippen molar-refractivity contribution in [3.63, 3.8) is 0 Å². The Morgan fingerprint density at radius 2 is 2.03 bits per heavy atom. The van der Waals surface area contributed by atoms with Crippen LogP contribution in [-0.2, 0) is 9.59 Å². The van der Waals surface area contributed by atoms with Crippen molar-refractivity contribution >= 4 is 63.5 Å². The molecule has 0 atom stereocenters. The van der Waals surface area contributed by atoms with Gasteiger partial charge in [0.1, 0.15) is 4.32 Å². The van der Waals surface area contributed by atoms with E-state index < -0.39 is 0 Å². The lowest BCUT2D eigenvalue weighted by atomic mass is 10.2. The minimum Gasteiger partial charge on any atom is -0.454 e. The third kappa shape index (κ3) is 4.39. The molecule has 0 aromatic heterocycles. The molecule has 4 rings (SSSR count). The second-order valence-corrected chi connectivity index (χ2v) is 8.30. The summed E-state index contributed by atoms with van der Waals surface area (Å²) in [7, 11) is 0. The first-order chi connectivity index (χ1) is 14.0. The predicted octanol–water partition coefficient (Wildman–Crippen LogP) is 4.30. The number of nitrogens with zero attached hydrogens (tertiary/aromatic N) is 1. The summed E-state index contributed by atoms with van der Waals surface area (Å²) in [4.78, 5) is 26.9. The van der Waals surface area contributed by atoms with E-state index in [0.29, 0.717) is 31.4 Å². The molecule has 29 heavy (non-hydrogen) atoms. The smallest absolute Gasteiger partial charge is 0.266 e. The molecule has 1 saturated heterocycles. The van der Waals surface area contributed by atoms with Crippen molar-refractivity contribution in [2.24, 2.45) is 0 Å². The van der Waals surface area contributed by atoms with E-state index in [2.05, 4.69) is 5.32 Å². The van der Waals surface area contributed by atoms with Gasteiger partial charge in [0, 0.05) is 29.7 Å². The quantitative estimate of drug-likeness (QED) is 0.545. The van der Waals surface area contributed by atoms with Gasteiger partial charge in [-0.05, 0) is 29.8 Å². The van der Waals surface area contributed by atoms with Crippen LogP contribution >= 0.6 is 35.6 Å². The molecule has 1 fully saturated rings. The minimum atomic E-state index is -0.229. The lowest BCUT2D eigenvalue weighted by Crippen LogP contribution is -2.31. The van der Waals surface area contributed by atoms with E-state index in [1.54, 1.807) is 30.3 Å². The summed E-state index contributed by atoms with van der Waals surface area (Å²) in [6, 6.07) is 12.4. The molecular formula is C20H15ClN2O4S2. The van der Waals surface area contributed by atoms with Crippen molar-refractivity contribution in [1.82, 2.24) is 4.90 Å². The molecule has 2 heterocycles. The second-order valence-electron chi connectivity index (χ2n) is 6.22. The number of thioether (sulfide) groups is 1. The van der Waals surface area contributed by atoms with E-state index in [9.17, 15) is 9.59 Å². The molecule has 2 aliphatic heterocycles. The third-order valence-electron chi connectivity index (χ3n) is 4.28. The topological polar surface area (TPSA) is 67.9 Å². The average Bonchev–Trinajstić information content (AvgIpc) is 3.26. The maximum Gasteiger partial charge on any atom is 0.266 e. The number of carbonyl (C=O) groups excluding carboxylic acids is 2. The van der Waals surface area contributed by atoms with Crippen molar-refractivity contribution in [3.05, 3.63) is 58.0 Å². The van der Waals surface area contributed by atoms with Gasteiger partial charge in [-0.15, -0.1) is 0 Å². The van der Waals surface area contributed by atoms with Gasteiger partial charge < -0.3 is 14.8 Å². The van der Waals surface area contributed by atoms with Crippen LogP contribution in [0.3, 0.4) is 0 Å². The van der Waals surface area contributed by atoms with Gasteiger partial charge in [-0.3, -0.25) is 14.5 Å². The summed E-state index contributed by atoms with van der Waals surface area (Å²) < 4.78 is 11.0. The van der Waals surface area contributed by atoms with Gasteiger partial charge in [0.25, 0.3) is 5.91 Å². The molecule has 2 aromatic rings. The van der Waals surface area contributed by atoms with Gasteiger partial charge in [-0.2, -0.15) is 0 Å². The Labute approximate surface area is 181 Å². The van der Waals surface area contributed by atoms with E-state index in [0.717, 1.165) is 5.56 Å². The van der Waals surface area contributed by atoms with Crippen LogP contribution in [-0.4, -0.2) is 34.4 Å². The number of thiocarbonyl (C=S) groups is 1. The molecule has 2 aliphatic rings. The Balaban J connectivity index is 1.37. The van der Waals surface area contributed by atoms with Crippen LogP contribution in [0.5, 0.6) is 11.5 Å². The maximum atomic E-state index is 12.7. The Kier molecular flexibility index (Phi) is 5.75. The lowest BCUT2D eigenvalue weighted by Gasteiger charge is -2.14. The number of halogens is 1. The number of ether oxygens (including phenoxy) is 2. The highest BCUT2D eigenvalue weighted by atomic mass is 35.5. The minimum absolute atomic E-state index is 0.111. The summed E-state index contributed by atoms with van der Waals surface area (Å²) in [5, 5.41) is 3.35. The van der Waals surface area contributed by atoms with Crippen LogP contribution in [0.1, 0.15) is 12.0 Å². The highest BCUT2D eigenvalue weighted by Gasteiger charge is 2.32. The molecule has 2 aromatic carbocycles. The molecule has 148 valence electrons. The summed E-state index contributed by atoms with van der Waals surface area (Å²) in [6.45, 7) is 0.365. The zero-order valence-electron chi connectivity index (χ0n) is 15.0. The fraction of sp³-hybridized carbons (Fsp3) is 0.150. The van der Waals surface area contributed by atoms with E-state index in [4.69, 9.17) is 33.3 Å². The van der Waals surface area contributed by atoms with Crippen LogP contribution < -0.4 is 14.8 Å². The second kappa shape index (κ2) is 8.44. The number of hydrogen-bond acceptors (Lipinski definition) is 6. The summed E-state index contributed by atoms with van der Waals surface area (Å²) >= 11 is 12.7. The first-order valence-corrected chi connectivity index (χ1v) is 10.3. The number of hydrogen-bond donors (Lipinski definition) is 1. The van der Waals surface area contributed by atoms with Crippen LogP contribution in [0.25, 0.3) is 6.08 Å². The highest BCUT2D eigenvalue weighted by molar-refractivity contribution is 8.26. The first kappa shape index (κ1) is 19.8. The maximum absolute atomic E-state index is 12.7. The van der Waals surface area contributed by atoms with Crippen LogP contribution in [0.15, 0.2) is 47.4 Å². The molecule has 0 saturated carbocycles. The highest BCUT2D eigenvalue weighted by Crippen LogP contribution is 2.35. The van der Waals surface area contributed by atoms with Gasteiger partial charge >= 0.3 is 0 Å². The number of fused-ring (bicyclic) bond motifs is 1. The van der Waals surface area contributed by atoms with Crippen LogP contribution in [0, 0.1) is 0 Å². The van der Waals surface area contributed by atoms with Crippen LogP contribution in [0.4, 0.5) is 5.69 Å². The zero-order valence-corrected chi connectivity index (χ0v) is 17.4. The summed E-state index contributed by atoms with van der Waals surface area (Å²) in [5.74, 6) is 0.777. The molecule has 0 bridgehead atoms. The number of benzene rings is 2. The molecule has 6 nitrogen and oxygen atoms in total. The molecule has 0 unspecified atom stereocenters. The van der Waals surface area contributed by atoms with E-state index in [1.165, 1.54) is 16.7 Å². The van der Waals surface area contributed by atoms with Gasteiger partial charge in [-0.25, -0.2) is 0 Å². The van der Waals surface area contributed by atoms with Gasteiger partial charge in [0.2, 0.25) is 12.7 Å². The predicted molar refractivity (Wildman–Crippen MR) is 117 cm³/mol. The molecule has 0 aliphatic carbocycles. The third-order valence-corrected chi connectivity index (χ3v) is 6.01.